The first-order valence-electron chi connectivity index (χ1n) is 5.27. The molecule has 0 aliphatic rings. The van der Waals surface area contributed by atoms with Crippen molar-refractivity contribution < 1.29 is 4.79 Å². The summed E-state index contributed by atoms with van der Waals surface area (Å²) in [6, 6.07) is 0.475. The quantitative estimate of drug-likeness (QED) is 0.378. The highest BCUT2D eigenvalue weighted by atomic mass is 16.2. The van der Waals surface area contributed by atoms with E-state index in [-0.39, 0.29) is 11.8 Å². The molecule has 0 aromatic heterocycles. The van der Waals surface area contributed by atoms with Gasteiger partial charge in [0.2, 0.25) is 5.91 Å². The lowest BCUT2D eigenvalue weighted by Gasteiger charge is -2.28. The number of carbonyl (C=O) groups is 1. The summed E-state index contributed by atoms with van der Waals surface area (Å²) in [5.41, 5.74) is 2.19. The Kier molecular flexibility index (Phi) is 6.49. The number of rotatable bonds is 6. The van der Waals surface area contributed by atoms with Gasteiger partial charge in [-0.15, -0.1) is 0 Å². The molecule has 0 heterocycles. The van der Waals surface area contributed by atoms with Crippen LogP contribution in [-0.2, 0) is 4.79 Å². The highest BCUT2D eigenvalue weighted by molar-refractivity contribution is 5.77. The number of hydrogen-bond donors (Lipinski definition) is 2. The minimum atomic E-state index is -0.0910. The van der Waals surface area contributed by atoms with Gasteiger partial charge in [-0.2, -0.15) is 0 Å². The van der Waals surface area contributed by atoms with Gasteiger partial charge in [-0.25, -0.2) is 5.84 Å². The summed E-state index contributed by atoms with van der Waals surface area (Å²) in [4.78, 5) is 13.5. The van der Waals surface area contributed by atoms with Crippen molar-refractivity contribution in [2.45, 2.75) is 40.2 Å². The van der Waals surface area contributed by atoms with Crippen LogP contribution in [0.2, 0.25) is 0 Å². The predicted octanol–water partition coefficient (Wildman–Crippen LogP) is 0.733. The predicted molar refractivity (Wildman–Crippen MR) is 58.5 cm³/mol. The van der Waals surface area contributed by atoms with E-state index in [2.05, 4.69) is 31.1 Å². The maximum atomic E-state index is 11.2. The van der Waals surface area contributed by atoms with Crippen LogP contribution in [0.5, 0.6) is 0 Å². The Bertz CT molecular complexity index is 171. The maximum Gasteiger partial charge on any atom is 0.237 e. The van der Waals surface area contributed by atoms with Crippen molar-refractivity contribution in [2.24, 2.45) is 11.8 Å². The lowest BCUT2D eigenvalue weighted by molar-refractivity contribution is -0.125. The molecule has 1 unspecified atom stereocenters. The third-order valence-corrected chi connectivity index (χ3v) is 2.34. The molecule has 0 spiro atoms. The average Bonchev–Trinajstić information content (AvgIpc) is 2.15. The number of hydrazine groups is 1. The number of nitrogens with one attached hydrogen (secondary N) is 1. The van der Waals surface area contributed by atoms with Crippen LogP contribution >= 0.6 is 0 Å². The van der Waals surface area contributed by atoms with Gasteiger partial charge >= 0.3 is 0 Å². The van der Waals surface area contributed by atoms with Gasteiger partial charge in [0.1, 0.15) is 0 Å². The molecule has 84 valence electrons. The lowest BCUT2D eigenvalue weighted by atomic mass is 10.1. The monoisotopic (exact) mass is 201 g/mol. The fraction of sp³-hybridized carbons (Fsp3) is 0.900. The van der Waals surface area contributed by atoms with Gasteiger partial charge in [0, 0.05) is 18.5 Å². The van der Waals surface area contributed by atoms with E-state index < -0.39 is 0 Å². The molecule has 0 saturated heterocycles. The van der Waals surface area contributed by atoms with E-state index in [1.807, 2.05) is 6.92 Å². The Labute approximate surface area is 86.8 Å². The van der Waals surface area contributed by atoms with Gasteiger partial charge in [-0.05, 0) is 26.8 Å². The van der Waals surface area contributed by atoms with Gasteiger partial charge in [0.05, 0.1) is 0 Å². The molecule has 0 aromatic carbocycles. The van der Waals surface area contributed by atoms with Crippen molar-refractivity contribution in [1.82, 2.24) is 10.3 Å². The average molecular weight is 201 g/mol. The van der Waals surface area contributed by atoms with Crippen LogP contribution in [-0.4, -0.2) is 29.9 Å². The number of amides is 1. The molecule has 4 nitrogen and oxygen atoms in total. The molecule has 0 bridgehead atoms. The first kappa shape index (κ1) is 13.4. The third-order valence-electron chi connectivity index (χ3n) is 2.34. The van der Waals surface area contributed by atoms with Gasteiger partial charge in [0.25, 0.3) is 0 Å². The van der Waals surface area contributed by atoms with Gasteiger partial charge in [0.15, 0.2) is 0 Å². The Balaban J connectivity index is 4.08. The van der Waals surface area contributed by atoms with Crippen LogP contribution in [0.1, 0.15) is 34.1 Å². The summed E-state index contributed by atoms with van der Waals surface area (Å²) in [5.74, 6) is 4.94. The zero-order chi connectivity index (χ0) is 11.1. The highest BCUT2D eigenvalue weighted by Crippen LogP contribution is 2.05. The Morgan fingerprint density at radius 1 is 1.43 bits per heavy atom. The topological polar surface area (TPSA) is 58.4 Å². The number of hydrogen-bond acceptors (Lipinski definition) is 3. The Morgan fingerprint density at radius 3 is 2.36 bits per heavy atom. The summed E-state index contributed by atoms with van der Waals surface area (Å²) >= 11 is 0. The molecule has 0 radical (unpaired) electrons. The van der Waals surface area contributed by atoms with E-state index in [4.69, 9.17) is 5.84 Å². The number of carbonyl (C=O) groups excluding carboxylic acids is 1. The Morgan fingerprint density at radius 2 is 2.00 bits per heavy atom. The van der Waals surface area contributed by atoms with Crippen molar-refractivity contribution in [3.8, 4) is 0 Å². The minimum absolute atomic E-state index is 0.0473. The summed E-state index contributed by atoms with van der Waals surface area (Å²) in [6.45, 7) is 10.1. The van der Waals surface area contributed by atoms with E-state index in [0.29, 0.717) is 6.04 Å². The van der Waals surface area contributed by atoms with Crippen LogP contribution in [0, 0.1) is 5.92 Å². The molecule has 0 fully saturated rings. The molecule has 3 N–H and O–H groups in total. The summed E-state index contributed by atoms with van der Waals surface area (Å²) in [6.07, 6.45) is 1.11. The van der Waals surface area contributed by atoms with E-state index in [9.17, 15) is 4.79 Å². The Hall–Kier alpha value is -0.610. The number of nitrogens with two attached hydrogens (primary N) is 1. The molecule has 0 saturated carbocycles. The van der Waals surface area contributed by atoms with Gasteiger partial charge in [-0.3, -0.25) is 10.2 Å². The first-order chi connectivity index (χ1) is 6.52. The van der Waals surface area contributed by atoms with E-state index in [0.717, 1.165) is 19.5 Å². The highest BCUT2D eigenvalue weighted by Gasteiger charge is 2.17. The molecule has 0 aliphatic heterocycles. The zero-order valence-electron chi connectivity index (χ0n) is 9.71. The van der Waals surface area contributed by atoms with Crippen molar-refractivity contribution in [3.05, 3.63) is 0 Å². The fourth-order valence-corrected chi connectivity index (χ4v) is 1.42. The van der Waals surface area contributed by atoms with Gasteiger partial charge in [-0.1, -0.05) is 13.8 Å². The van der Waals surface area contributed by atoms with Crippen molar-refractivity contribution in [3.63, 3.8) is 0 Å². The standard InChI is InChI=1S/C10H23N3O/c1-5-6-13(8(2)3)7-9(4)10(14)12-11/h8-9H,5-7,11H2,1-4H3,(H,12,14). The van der Waals surface area contributed by atoms with Crippen molar-refractivity contribution >= 4 is 5.91 Å². The lowest BCUT2D eigenvalue weighted by Crippen LogP contribution is -2.42. The second-order valence-electron chi connectivity index (χ2n) is 4.00. The normalized spacial score (nSPS) is 13.4. The fourth-order valence-electron chi connectivity index (χ4n) is 1.42. The molecule has 0 rings (SSSR count). The second-order valence-corrected chi connectivity index (χ2v) is 4.00. The largest absolute Gasteiger partial charge is 0.300 e. The van der Waals surface area contributed by atoms with E-state index in [1.54, 1.807) is 0 Å². The summed E-state index contributed by atoms with van der Waals surface area (Å²) < 4.78 is 0. The molecule has 0 aromatic rings. The van der Waals surface area contributed by atoms with Crippen LogP contribution < -0.4 is 11.3 Å². The third kappa shape index (κ3) is 4.58. The van der Waals surface area contributed by atoms with Gasteiger partial charge < -0.3 is 4.90 Å². The molecular formula is C10H23N3O. The summed E-state index contributed by atoms with van der Waals surface area (Å²) in [7, 11) is 0. The van der Waals surface area contributed by atoms with Crippen molar-refractivity contribution in [1.29, 1.82) is 0 Å². The molecular weight excluding hydrogens is 178 g/mol. The number of nitrogens with zero attached hydrogens (tertiary/aromatic N) is 1. The smallest absolute Gasteiger partial charge is 0.237 e. The van der Waals surface area contributed by atoms with Crippen LogP contribution in [0.15, 0.2) is 0 Å². The molecule has 0 aliphatic carbocycles. The van der Waals surface area contributed by atoms with E-state index >= 15 is 0 Å². The second kappa shape index (κ2) is 6.79. The van der Waals surface area contributed by atoms with Crippen LogP contribution in [0.4, 0.5) is 0 Å². The van der Waals surface area contributed by atoms with Crippen molar-refractivity contribution in [2.75, 3.05) is 13.1 Å². The SMILES string of the molecule is CCCN(CC(C)C(=O)NN)C(C)C. The maximum absolute atomic E-state index is 11.2. The van der Waals surface area contributed by atoms with Crippen LogP contribution in [0.3, 0.4) is 0 Å². The molecule has 14 heavy (non-hydrogen) atoms. The molecule has 1 amide bonds. The molecule has 4 heteroatoms. The first-order valence-corrected chi connectivity index (χ1v) is 5.27. The zero-order valence-corrected chi connectivity index (χ0v) is 9.71. The molecule has 1 atom stereocenters. The summed E-state index contributed by atoms with van der Waals surface area (Å²) in [5, 5.41) is 0. The minimum Gasteiger partial charge on any atom is -0.300 e. The van der Waals surface area contributed by atoms with Crippen LogP contribution in [0.25, 0.3) is 0 Å². The van der Waals surface area contributed by atoms with E-state index in [1.165, 1.54) is 0 Å².